The molecule has 0 aliphatic heterocycles. The molecule has 16 heavy (non-hydrogen) atoms. The maximum Gasteiger partial charge on any atom is 0.223 e. The summed E-state index contributed by atoms with van der Waals surface area (Å²) in [6.07, 6.45) is 11.6. The minimum absolute atomic E-state index is 0.155. The zero-order chi connectivity index (χ0) is 11.8. The number of hydrogen-bond acceptors (Lipinski definition) is 1. The highest BCUT2D eigenvalue weighted by molar-refractivity contribution is 5.77. The summed E-state index contributed by atoms with van der Waals surface area (Å²) in [7, 11) is 0. The van der Waals surface area contributed by atoms with Gasteiger partial charge in [0, 0.05) is 12.1 Å². The van der Waals surface area contributed by atoms with Gasteiger partial charge in [0.05, 0.1) is 0 Å². The molecular formula is C14H25NO. The fourth-order valence-electron chi connectivity index (χ4n) is 1.74. The Morgan fingerprint density at radius 3 is 2.56 bits per heavy atom. The Morgan fingerprint density at radius 1 is 1.25 bits per heavy atom. The van der Waals surface area contributed by atoms with Crippen molar-refractivity contribution in [2.24, 2.45) is 5.92 Å². The van der Waals surface area contributed by atoms with Crippen molar-refractivity contribution in [1.29, 1.82) is 0 Å². The van der Waals surface area contributed by atoms with Gasteiger partial charge in [0.15, 0.2) is 0 Å². The molecular weight excluding hydrogens is 198 g/mol. The molecule has 1 amide bonds. The number of nitrogens with one attached hydrogen (secondary N) is 1. The normalized spacial score (nSPS) is 16.2. The second-order valence-electron chi connectivity index (χ2n) is 4.74. The van der Waals surface area contributed by atoms with E-state index >= 15 is 0 Å². The van der Waals surface area contributed by atoms with E-state index in [0.717, 1.165) is 12.3 Å². The van der Waals surface area contributed by atoms with E-state index in [1.165, 1.54) is 44.2 Å². The maximum absolute atomic E-state index is 11.4. The van der Waals surface area contributed by atoms with Gasteiger partial charge >= 0.3 is 0 Å². The molecule has 0 radical (unpaired) electrons. The van der Waals surface area contributed by atoms with E-state index in [0.29, 0.717) is 6.42 Å². The van der Waals surface area contributed by atoms with Gasteiger partial charge in [-0.3, -0.25) is 4.79 Å². The van der Waals surface area contributed by atoms with Crippen LogP contribution in [0, 0.1) is 5.92 Å². The summed E-state index contributed by atoms with van der Waals surface area (Å²) >= 11 is 0. The third-order valence-electron chi connectivity index (χ3n) is 2.98. The first-order valence-corrected chi connectivity index (χ1v) is 6.76. The standard InChI is InChI=1S/C14H25NO/c1-3-5-6-7-8-13(11-12-9-10-12)15-14(16)4-2/h11-12H,3-10H2,1-2H3,(H,15,16). The van der Waals surface area contributed by atoms with Crippen LogP contribution in [0.15, 0.2) is 11.8 Å². The average molecular weight is 223 g/mol. The minimum atomic E-state index is 0.155. The molecule has 2 heteroatoms. The van der Waals surface area contributed by atoms with Crippen LogP contribution < -0.4 is 5.32 Å². The number of allylic oxidation sites excluding steroid dienone is 2. The molecule has 0 aromatic rings. The number of carbonyl (C=O) groups is 1. The van der Waals surface area contributed by atoms with Crippen molar-refractivity contribution in [1.82, 2.24) is 5.32 Å². The van der Waals surface area contributed by atoms with E-state index in [-0.39, 0.29) is 5.91 Å². The lowest BCUT2D eigenvalue weighted by Gasteiger charge is -2.09. The Bertz CT molecular complexity index is 241. The zero-order valence-electron chi connectivity index (χ0n) is 10.7. The monoisotopic (exact) mass is 223 g/mol. The SMILES string of the molecule is CCCCCCC(=CC1CC1)NC(=O)CC. The van der Waals surface area contributed by atoms with E-state index in [9.17, 15) is 4.79 Å². The van der Waals surface area contributed by atoms with Crippen LogP contribution >= 0.6 is 0 Å². The fraction of sp³-hybridized carbons (Fsp3) is 0.786. The van der Waals surface area contributed by atoms with E-state index in [4.69, 9.17) is 0 Å². The van der Waals surface area contributed by atoms with Crippen LogP contribution in [0.1, 0.15) is 65.2 Å². The quantitative estimate of drug-likeness (QED) is 0.623. The Balaban J connectivity index is 2.29. The second-order valence-corrected chi connectivity index (χ2v) is 4.74. The highest BCUT2D eigenvalue weighted by atomic mass is 16.1. The largest absolute Gasteiger partial charge is 0.330 e. The van der Waals surface area contributed by atoms with Gasteiger partial charge in [0.25, 0.3) is 0 Å². The molecule has 92 valence electrons. The molecule has 1 fully saturated rings. The first-order chi connectivity index (χ1) is 7.76. The van der Waals surface area contributed by atoms with Gasteiger partial charge < -0.3 is 5.32 Å². The zero-order valence-corrected chi connectivity index (χ0v) is 10.7. The molecule has 0 spiro atoms. The number of rotatable bonds is 8. The van der Waals surface area contributed by atoms with Gasteiger partial charge in [0.2, 0.25) is 5.91 Å². The Labute approximate surface area is 99.5 Å². The first kappa shape index (κ1) is 13.3. The van der Waals surface area contributed by atoms with Crippen LogP contribution in [0.3, 0.4) is 0 Å². The summed E-state index contributed by atoms with van der Waals surface area (Å²) in [4.78, 5) is 11.4. The van der Waals surface area contributed by atoms with Gasteiger partial charge in [-0.15, -0.1) is 0 Å². The number of amides is 1. The lowest BCUT2D eigenvalue weighted by Crippen LogP contribution is -2.21. The third kappa shape index (κ3) is 5.94. The summed E-state index contributed by atoms with van der Waals surface area (Å²) in [5, 5.41) is 3.04. The van der Waals surface area contributed by atoms with Gasteiger partial charge in [-0.2, -0.15) is 0 Å². The molecule has 0 unspecified atom stereocenters. The third-order valence-corrected chi connectivity index (χ3v) is 2.98. The highest BCUT2D eigenvalue weighted by Gasteiger charge is 2.19. The molecule has 1 aliphatic rings. The predicted molar refractivity (Wildman–Crippen MR) is 68.0 cm³/mol. The summed E-state index contributed by atoms with van der Waals surface area (Å²) in [6, 6.07) is 0. The lowest BCUT2D eigenvalue weighted by molar-refractivity contribution is -0.120. The van der Waals surface area contributed by atoms with Crippen LogP contribution in [-0.4, -0.2) is 5.91 Å². The molecule has 1 N–H and O–H groups in total. The molecule has 0 atom stereocenters. The van der Waals surface area contributed by atoms with Crippen molar-refractivity contribution in [3.05, 3.63) is 11.8 Å². The summed E-state index contributed by atoms with van der Waals surface area (Å²) < 4.78 is 0. The topological polar surface area (TPSA) is 29.1 Å². The number of unbranched alkanes of at least 4 members (excludes halogenated alkanes) is 3. The molecule has 2 nitrogen and oxygen atoms in total. The Hall–Kier alpha value is -0.790. The van der Waals surface area contributed by atoms with Gasteiger partial charge in [-0.1, -0.05) is 39.2 Å². The molecule has 0 heterocycles. The van der Waals surface area contributed by atoms with Crippen LogP contribution in [0.5, 0.6) is 0 Å². The van der Waals surface area contributed by atoms with Crippen LogP contribution in [0.4, 0.5) is 0 Å². The summed E-state index contributed by atoms with van der Waals surface area (Å²) in [5.41, 5.74) is 1.17. The lowest BCUT2D eigenvalue weighted by atomic mass is 10.1. The van der Waals surface area contributed by atoms with E-state index in [2.05, 4.69) is 18.3 Å². The minimum Gasteiger partial charge on any atom is -0.330 e. The first-order valence-electron chi connectivity index (χ1n) is 6.76. The molecule has 1 aliphatic carbocycles. The maximum atomic E-state index is 11.4. The van der Waals surface area contributed by atoms with E-state index in [1.807, 2.05) is 6.92 Å². The van der Waals surface area contributed by atoms with Gasteiger partial charge in [-0.05, 0) is 31.6 Å². The Kier molecular flexibility index (Phi) is 6.20. The van der Waals surface area contributed by atoms with E-state index in [1.54, 1.807) is 0 Å². The molecule has 1 rings (SSSR count). The van der Waals surface area contributed by atoms with Gasteiger partial charge in [0.1, 0.15) is 0 Å². The van der Waals surface area contributed by atoms with Crippen molar-refractivity contribution in [3.63, 3.8) is 0 Å². The molecule has 1 saturated carbocycles. The predicted octanol–water partition coefficient (Wildman–Crippen LogP) is 3.78. The van der Waals surface area contributed by atoms with E-state index < -0.39 is 0 Å². The van der Waals surface area contributed by atoms with Crippen molar-refractivity contribution in [2.75, 3.05) is 0 Å². The molecule has 0 bridgehead atoms. The molecule has 0 aromatic heterocycles. The summed E-state index contributed by atoms with van der Waals surface area (Å²) in [6.45, 7) is 4.13. The van der Waals surface area contributed by atoms with Crippen molar-refractivity contribution < 1.29 is 4.79 Å². The van der Waals surface area contributed by atoms with Crippen LogP contribution in [-0.2, 0) is 4.79 Å². The Morgan fingerprint density at radius 2 is 2.00 bits per heavy atom. The summed E-state index contributed by atoms with van der Waals surface area (Å²) in [5.74, 6) is 0.903. The van der Waals surface area contributed by atoms with Crippen molar-refractivity contribution in [3.8, 4) is 0 Å². The molecule has 0 saturated heterocycles. The van der Waals surface area contributed by atoms with Crippen molar-refractivity contribution >= 4 is 5.91 Å². The smallest absolute Gasteiger partial charge is 0.223 e. The fourth-order valence-corrected chi connectivity index (χ4v) is 1.74. The van der Waals surface area contributed by atoms with Crippen molar-refractivity contribution in [2.45, 2.75) is 65.2 Å². The van der Waals surface area contributed by atoms with Gasteiger partial charge in [-0.25, -0.2) is 0 Å². The second kappa shape index (κ2) is 7.48. The van der Waals surface area contributed by atoms with Crippen LogP contribution in [0.25, 0.3) is 0 Å². The number of carbonyl (C=O) groups excluding carboxylic acids is 1. The molecule has 0 aromatic carbocycles. The number of hydrogen-bond donors (Lipinski definition) is 1. The highest BCUT2D eigenvalue weighted by Crippen LogP contribution is 2.31. The average Bonchev–Trinajstić information content (AvgIpc) is 3.08. The van der Waals surface area contributed by atoms with Crippen LogP contribution in [0.2, 0.25) is 0 Å².